The molecule has 0 saturated heterocycles. The monoisotopic (exact) mass is 309 g/mol. The van der Waals surface area contributed by atoms with Crippen molar-refractivity contribution in [3.63, 3.8) is 0 Å². The minimum Gasteiger partial charge on any atom is -0.319 e. The van der Waals surface area contributed by atoms with Crippen LogP contribution < -0.4 is 10.9 Å². The van der Waals surface area contributed by atoms with Gasteiger partial charge in [0.2, 0.25) is 0 Å². The number of amides is 1. The van der Waals surface area contributed by atoms with Crippen LogP contribution >= 0.6 is 11.8 Å². The highest BCUT2D eigenvalue weighted by molar-refractivity contribution is 7.99. The molecule has 3 rings (SSSR count). The second-order valence-electron chi connectivity index (χ2n) is 4.34. The molecule has 21 heavy (non-hydrogen) atoms. The molecular weight excluding hydrogens is 300 g/mol. The maximum absolute atomic E-state index is 13.5. The maximum atomic E-state index is 13.5. The molecule has 2 heterocycles. The number of fused-ring (bicyclic) bond motifs is 1. The minimum absolute atomic E-state index is 0.176. The van der Waals surface area contributed by atoms with E-state index in [1.165, 1.54) is 22.5 Å². The molecule has 0 aliphatic carbocycles. The largest absolute Gasteiger partial charge is 0.319 e. The average Bonchev–Trinajstić information content (AvgIpc) is 2.91. The Morgan fingerprint density at radius 1 is 1.38 bits per heavy atom. The van der Waals surface area contributed by atoms with Crippen LogP contribution in [0, 0.1) is 11.6 Å². The molecule has 8 heteroatoms. The summed E-state index contributed by atoms with van der Waals surface area (Å²) in [7, 11) is 0. The van der Waals surface area contributed by atoms with Crippen molar-refractivity contribution < 1.29 is 13.6 Å². The molecule has 1 aromatic heterocycles. The summed E-state index contributed by atoms with van der Waals surface area (Å²) in [6.45, 7) is 0.484. The Kier molecular flexibility index (Phi) is 3.46. The SMILES string of the molecule is O=C(Nc1ccc(F)cc1F)c1cnc2n(c1=O)CCS2. The molecule has 0 atom stereocenters. The number of aromatic nitrogens is 2. The van der Waals surface area contributed by atoms with Gasteiger partial charge in [0.15, 0.2) is 5.16 Å². The van der Waals surface area contributed by atoms with Crippen LogP contribution in [-0.2, 0) is 6.54 Å². The van der Waals surface area contributed by atoms with Crippen molar-refractivity contribution in [1.82, 2.24) is 9.55 Å². The predicted octanol–water partition coefficient (Wildman–Crippen LogP) is 1.88. The highest BCUT2D eigenvalue weighted by atomic mass is 32.2. The molecule has 1 aliphatic heterocycles. The summed E-state index contributed by atoms with van der Waals surface area (Å²) in [6.07, 6.45) is 1.17. The molecule has 0 bridgehead atoms. The van der Waals surface area contributed by atoms with Crippen molar-refractivity contribution in [2.24, 2.45) is 0 Å². The van der Waals surface area contributed by atoms with Gasteiger partial charge in [-0.1, -0.05) is 11.8 Å². The Hall–Kier alpha value is -2.22. The molecule has 0 unspecified atom stereocenters. The first-order chi connectivity index (χ1) is 10.1. The summed E-state index contributed by atoms with van der Waals surface area (Å²) in [5.74, 6) is -1.71. The fourth-order valence-corrected chi connectivity index (χ4v) is 2.87. The summed E-state index contributed by atoms with van der Waals surface area (Å²) >= 11 is 1.43. The van der Waals surface area contributed by atoms with E-state index in [0.29, 0.717) is 17.8 Å². The Morgan fingerprint density at radius 2 is 2.19 bits per heavy atom. The van der Waals surface area contributed by atoms with Crippen LogP contribution in [0.25, 0.3) is 0 Å². The van der Waals surface area contributed by atoms with E-state index in [-0.39, 0.29) is 11.3 Å². The molecule has 0 saturated carbocycles. The van der Waals surface area contributed by atoms with E-state index in [2.05, 4.69) is 10.3 Å². The van der Waals surface area contributed by atoms with E-state index < -0.39 is 23.1 Å². The molecular formula is C13H9F2N3O2S. The van der Waals surface area contributed by atoms with Gasteiger partial charge in [0.05, 0.1) is 5.69 Å². The lowest BCUT2D eigenvalue weighted by molar-refractivity contribution is 0.102. The molecule has 1 N–H and O–H groups in total. The Labute approximate surface area is 122 Å². The standard InChI is InChI=1S/C13H9F2N3O2S/c14-7-1-2-10(9(15)5-7)17-11(19)8-6-16-13-18(12(8)20)3-4-21-13/h1-2,5-6H,3-4H2,(H,17,19). The summed E-state index contributed by atoms with van der Waals surface area (Å²) < 4.78 is 27.7. The fourth-order valence-electron chi connectivity index (χ4n) is 1.95. The summed E-state index contributed by atoms with van der Waals surface area (Å²) in [4.78, 5) is 28.2. The third-order valence-corrected chi connectivity index (χ3v) is 3.95. The first-order valence-electron chi connectivity index (χ1n) is 6.05. The summed E-state index contributed by atoms with van der Waals surface area (Å²) in [5.41, 5.74) is -0.837. The topological polar surface area (TPSA) is 64.0 Å². The zero-order chi connectivity index (χ0) is 15.0. The predicted molar refractivity (Wildman–Crippen MR) is 73.5 cm³/mol. The zero-order valence-electron chi connectivity index (χ0n) is 10.6. The number of hydrogen-bond donors (Lipinski definition) is 1. The number of anilines is 1. The van der Waals surface area contributed by atoms with Gasteiger partial charge < -0.3 is 5.32 Å². The average molecular weight is 309 g/mol. The van der Waals surface area contributed by atoms with E-state index in [4.69, 9.17) is 0 Å². The summed E-state index contributed by atoms with van der Waals surface area (Å²) in [5, 5.41) is 2.80. The van der Waals surface area contributed by atoms with Crippen molar-refractivity contribution in [2.75, 3.05) is 11.1 Å². The first kappa shape index (κ1) is 13.7. The van der Waals surface area contributed by atoms with Crippen LogP contribution in [0.2, 0.25) is 0 Å². The summed E-state index contributed by atoms with van der Waals surface area (Å²) in [6, 6.07) is 2.76. The number of hydrogen-bond acceptors (Lipinski definition) is 4. The molecule has 1 aliphatic rings. The third-order valence-electron chi connectivity index (χ3n) is 2.98. The van der Waals surface area contributed by atoms with Crippen LogP contribution in [0.1, 0.15) is 10.4 Å². The van der Waals surface area contributed by atoms with E-state index in [1.807, 2.05) is 0 Å². The molecule has 0 fully saturated rings. The van der Waals surface area contributed by atoms with Gasteiger partial charge >= 0.3 is 0 Å². The molecule has 0 radical (unpaired) electrons. The third kappa shape index (κ3) is 2.54. The fraction of sp³-hybridized carbons (Fsp3) is 0.154. The van der Waals surface area contributed by atoms with E-state index >= 15 is 0 Å². The van der Waals surface area contributed by atoms with Crippen LogP contribution in [0.15, 0.2) is 34.3 Å². The number of benzene rings is 1. The quantitative estimate of drug-likeness (QED) is 0.860. The molecule has 1 amide bonds. The number of thioether (sulfide) groups is 1. The second kappa shape index (κ2) is 5.28. The normalized spacial score (nSPS) is 13.0. The highest BCUT2D eigenvalue weighted by Gasteiger charge is 2.20. The number of rotatable bonds is 2. The lowest BCUT2D eigenvalue weighted by atomic mass is 10.2. The molecule has 2 aromatic rings. The number of halogens is 2. The van der Waals surface area contributed by atoms with Gasteiger partial charge in [-0.05, 0) is 12.1 Å². The lowest BCUT2D eigenvalue weighted by Gasteiger charge is -2.07. The Morgan fingerprint density at radius 3 is 2.95 bits per heavy atom. The lowest BCUT2D eigenvalue weighted by Crippen LogP contribution is -2.29. The van der Waals surface area contributed by atoms with E-state index in [1.54, 1.807) is 0 Å². The van der Waals surface area contributed by atoms with Gasteiger partial charge in [0.25, 0.3) is 11.5 Å². The second-order valence-corrected chi connectivity index (χ2v) is 5.40. The van der Waals surface area contributed by atoms with Gasteiger partial charge in [0.1, 0.15) is 17.2 Å². The smallest absolute Gasteiger partial charge is 0.267 e. The van der Waals surface area contributed by atoms with Gasteiger partial charge in [-0.25, -0.2) is 13.8 Å². The number of carbonyl (C=O) groups excluding carboxylic acids is 1. The van der Waals surface area contributed by atoms with E-state index in [0.717, 1.165) is 17.9 Å². The van der Waals surface area contributed by atoms with Crippen molar-refractivity contribution >= 4 is 23.4 Å². The van der Waals surface area contributed by atoms with Gasteiger partial charge in [-0.15, -0.1) is 0 Å². The first-order valence-corrected chi connectivity index (χ1v) is 7.04. The van der Waals surface area contributed by atoms with Crippen molar-refractivity contribution in [1.29, 1.82) is 0 Å². The van der Waals surface area contributed by atoms with Crippen LogP contribution in [-0.4, -0.2) is 21.2 Å². The minimum atomic E-state index is -0.909. The zero-order valence-corrected chi connectivity index (χ0v) is 11.4. The number of carbonyl (C=O) groups is 1. The van der Waals surface area contributed by atoms with Gasteiger partial charge in [-0.2, -0.15) is 0 Å². The Balaban J connectivity index is 1.91. The molecule has 1 aromatic carbocycles. The Bertz CT molecular complexity index is 791. The molecule has 108 valence electrons. The van der Waals surface area contributed by atoms with Gasteiger partial charge in [0, 0.05) is 24.6 Å². The number of nitrogens with zero attached hydrogens (tertiary/aromatic N) is 2. The van der Waals surface area contributed by atoms with Gasteiger partial charge in [-0.3, -0.25) is 14.2 Å². The van der Waals surface area contributed by atoms with Crippen molar-refractivity contribution in [2.45, 2.75) is 11.7 Å². The van der Waals surface area contributed by atoms with Crippen molar-refractivity contribution in [3.05, 3.63) is 51.9 Å². The molecule has 0 spiro atoms. The molecule has 5 nitrogen and oxygen atoms in total. The number of nitrogens with one attached hydrogen (secondary N) is 1. The van der Waals surface area contributed by atoms with Crippen LogP contribution in [0.4, 0.5) is 14.5 Å². The highest BCUT2D eigenvalue weighted by Crippen LogP contribution is 2.21. The van der Waals surface area contributed by atoms with Crippen LogP contribution in [0.3, 0.4) is 0 Å². The van der Waals surface area contributed by atoms with E-state index in [9.17, 15) is 18.4 Å². The van der Waals surface area contributed by atoms with Crippen LogP contribution in [0.5, 0.6) is 0 Å². The maximum Gasteiger partial charge on any atom is 0.267 e. The van der Waals surface area contributed by atoms with Crippen molar-refractivity contribution in [3.8, 4) is 0 Å².